The second-order valence-corrected chi connectivity index (χ2v) is 15.7. The average molecular weight is 722 g/mol. The first-order valence-electron chi connectivity index (χ1n) is 19.5. The molecule has 10 rings (SSSR count). The standard InChI is InChI=1S/C53H43N3/c1-36-23-27-42(28-24-36)54(40-15-7-5-8-16-40)44-31-38(32-45(35-44)55(41-17-9-6-10-18-41)43-29-25-37(2)26-30-43)39-33-47-46-19-11-13-21-50(46)56-51-22-14-12-20-48(51)53(3,4)49(34-39)52(47)56/h5-35H,1-4H3. The summed E-state index contributed by atoms with van der Waals surface area (Å²) in [7, 11) is 0. The highest BCUT2D eigenvalue weighted by molar-refractivity contribution is 6.13. The van der Waals surface area contributed by atoms with Crippen molar-refractivity contribution in [2.75, 3.05) is 9.80 Å². The predicted molar refractivity (Wildman–Crippen MR) is 237 cm³/mol. The molecule has 9 aromatic rings. The lowest BCUT2D eigenvalue weighted by atomic mass is 9.74. The van der Waals surface area contributed by atoms with E-state index in [1.54, 1.807) is 0 Å². The minimum Gasteiger partial charge on any atom is -0.310 e. The molecule has 0 spiro atoms. The lowest BCUT2D eigenvalue weighted by Crippen LogP contribution is -2.26. The van der Waals surface area contributed by atoms with Gasteiger partial charge in [0.25, 0.3) is 0 Å². The molecular formula is C53H43N3. The normalized spacial score (nSPS) is 12.8. The number of aryl methyl sites for hydroxylation is 2. The van der Waals surface area contributed by atoms with Gasteiger partial charge in [-0.05, 0) is 127 Å². The number of rotatable bonds is 7. The highest BCUT2D eigenvalue weighted by atomic mass is 15.2. The Hall–Kier alpha value is -6.84. The van der Waals surface area contributed by atoms with E-state index in [1.807, 2.05) is 0 Å². The van der Waals surface area contributed by atoms with E-state index >= 15 is 0 Å². The second kappa shape index (κ2) is 13.2. The number of nitrogens with zero attached hydrogens (tertiary/aromatic N) is 3. The third-order valence-corrected chi connectivity index (χ3v) is 11.6. The molecule has 0 unspecified atom stereocenters. The molecule has 2 heterocycles. The van der Waals surface area contributed by atoms with Crippen molar-refractivity contribution in [2.24, 2.45) is 0 Å². The van der Waals surface area contributed by atoms with E-state index in [2.05, 4.69) is 230 Å². The molecule has 8 aromatic carbocycles. The quantitative estimate of drug-likeness (QED) is 0.162. The largest absolute Gasteiger partial charge is 0.310 e. The van der Waals surface area contributed by atoms with Crippen molar-refractivity contribution in [3.05, 3.63) is 210 Å². The highest BCUT2D eigenvalue weighted by Gasteiger charge is 2.35. The zero-order valence-corrected chi connectivity index (χ0v) is 32.2. The molecule has 0 atom stereocenters. The SMILES string of the molecule is Cc1ccc(N(c2ccccc2)c2cc(-c3cc4c5c(c3)c3ccccc3n5-c3ccccc3C4(C)C)cc(N(c3ccccc3)c3ccc(C)cc3)c2)cc1. The fourth-order valence-electron chi connectivity index (χ4n) is 8.79. The zero-order chi connectivity index (χ0) is 38.0. The lowest BCUT2D eigenvalue weighted by Gasteiger charge is -2.35. The summed E-state index contributed by atoms with van der Waals surface area (Å²) in [4.78, 5) is 4.78. The van der Waals surface area contributed by atoms with Gasteiger partial charge in [-0.25, -0.2) is 0 Å². The van der Waals surface area contributed by atoms with E-state index in [-0.39, 0.29) is 5.41 Å². The second-order valence-electron chi connectivity index (χ2n) is 15.7. The van der Waals surface area contributed by atoms with E-state index in [4.69, 9.17) is 0 Å². The maximum absolute atomic E-state index is 2.50. The van der Waals surface area contributed by atoms with Crippen LogP contribution in [0.5, 0.6) is 0 Å². The molecule has 0 saturated heterocycles. The number of anilines is 6. The van der Waals surface area contributed by atoms with Crippen molar-refractivity contribution < 1.29 is 0 Å². The fraction of sp³-hybridized carbons (Fsp3) is 0.0943. The maximum Gasteiger partial charge on any atom is 0.0582 e. The summed E-state index contributed by atoms with van der Waals surface area (Å²) in [5.41, 5.74) is 17.7. The molecule has 1 aromatic heterocycles. The van der Waals surface area contributed by atoms with Crippen LogP contribution in [0.15, 0.2) is 188 Å². The van der Waals surface area contributed by atoms with Crippen LogP contribution in [-0.2, 0) is 5.41 Å². The van der Waals surface area contributed by atoms with Gasteiger partial charge >= 0.3 is 0 Å². The van der Waals surface area contributed by atoms with Crippen LogP contribution in [0.4, 0.5) is 34.1 Å². The number of hydrogen-bond acceptors (Lipinski definition) is 2. The van der Waals surface area contributed by atoms with Gasteiger partial charge in [0.15, 0.2) is 0 Å². The Kier molecular flexibility index (Phi) is 7.93. The summed E-state index contributed by atoms with van der Waals surface area (Å²) in [6.07, 6.45) is 0. The summed E-state index contributed by atoms with van der Waals surface area (Å²) in [6, 6.07) is 69.0. The molecule has 0 radical (unpaired) electrons. The molecule has 3 heteroatoms. The van der Waals surface area contributed by atoms with Gasteiger partial charge in [-0.15, -0.1) is 0 Å². The average Bonchev–Trinajstić information content (AvgIpc) is 3.57. The monoisotopic (exact) mass is 721 g/mol. The number of hydrogen-bond donors (Lipinski definition) is 0. The Morgan fingerprint density at radius 1 is 0.393 bits per heavy atom. The summed E-state index contributed by atoms with van der Waals surface area (Å²) in [5, 5.41) is 2.55. The maximum atomic E-state index is 2.50. The Labute approximate surface area is 329 Å². The van der Waals surface area contributed by atoms with Crippen LogP contribution in [0.1, 0.15) is 36.1 Å². The van der Waals surface area contributed by atoms with Crippen LogP contribution in [0.3, 0.4) is 0 Å². The van der Waals surface area contributed by atoms with Crippen molar-refractivity contribution in [1.29, 1.82) is 0 Å². The predicted octanol–water partition coefficient (Wildman–Crippen LogP) is 14.6. The summed E-state index contributed by atoms with van der Waals surface area (Å²) in [6.45, 7) is 9.06. The minimum atomic E-state index is -0.217. The molecule has 1 aliphatic rings. The fourth-order valence-corrected chi connectivity index (χ4v) is 8.79. The zero-order valence-electron chi connectivity index (χ0n) is 32.2. The van der Waals surface area contributed by atoms with E-state index in [0.29, 0.717) is 0 Å². The number of benzene rings is 8. The smallest absolute Gasteiger partial charge is 0.0582 e. The first-order valence-corrected chi connectivity index (χ1v) is 19.5. The Balaban J connectivity index is 1.29. The van der Waals surface area contributed by atoms with Crippen LogP contribution >= 0.6 is 0 Å². The molecule has 1 aliphatic heterocycles. The summed E-state index contributed by atoms with van der Waals surface area (Å²) >= 11 is 0. The summed E-state index contributed by atoms with van der Waals surface area (Å²) < 4.78 is 2.50. The van der Waals surface area contributed by atoms with E-state index in [9.17, 15) is 0 Å². The van der Waals surface area contributed by atoms with E-state index in [1.165, 1.54) is 55.3 Å². The highest BCUT2D eigenvalue weighted by Crippen LogP contribution is 2.50. The molecule has 3 nitrogen and oxygen atoms in total. The topological polar surface area (TPSA) is 11.4 Å². The van der Waals surface area contributed by atoms with Crippen LogP contribution in [0.25, 0.3) is 38.6 Å². The lowest BCUT2D eigenvalue weighted by molar-refractivity contribution is 0.630. The van der Waals surface area contributed by atoms with Gasteiger partial charge in [0.1, 0.15) is 0 Å². The molecule has 0 N–H and O–H groups in total. The molecule has 0 amide bonds. The first kappa shape index (κ1) is 33.7. The number of aromatic nitrogens is 1. The number of fused-ring (bicyclic) bond motifs is 5. The van der Waals surface area contributed by atoms with Crippen LogP contribution < -0.4 is 9.80 Å². The molecule has 56 heavy (non-hydrogen) atoms. The third kappa shape index (κ3) is 5.50. The first-order chi connectivity index (χ1) is 27.3. The summed E-state index contributed by atoms with van der Waals surface area (Å²) in [5.74, 6) is 0. The van der Waals surface area contributed by atoms with Gasteiger partial charge in [0.05, 0.1) is 16.7 Å². The molecule has 0 fully saturated rings. The van der Waals surface area contributed by atoms with E-state index in [0.717, 1.165) is 39.7 Å². The van der Waals surface area contributed by atoms with Crippen LogP contribution in [-0.4, -0.2) is 4.57 Å². The van der Waals surface area contributed by atoms with Crippen molar-refractivity contribution in [3.8, 4) is 16.8 Å². The molecular weight excluding hydrogens is 679 g/mol. The Morgan fingerprint density at radius 3 is 1.46 bits per heavy atom. The van der Waals surface area contributed by atoms with Crippen molar-refractivity contribution in [1.82, 2.24) is 4.57 Å². The van der Waals surface area contributed by atoms with Crippen LogP contribution in [0.2, 0.25) is 0 Å². The van der Waals surface area contributed by atoms with Gasteiger partial charge in [-0.3, -0.25) is 0 Å². The van der Waals surface area contributed by atoms with Crippen LogP contribution in [0, 0.1) is 13.8 Å². The third-order valence-electron chi connectivity index (χ3n) is 11.6. The van der Waals surface area contributed by atoms with E-state index < -0.39 is 0 Å². The number of para-hydroxylation sites is 4. The van der Waals surface area contributed by atoms with Crippen molar-refractivity contribution >= 4 is 55.9 Å². The Bertz CT molecular complexity index is 2780. The van der Waals surface area contributed by atoms with Gasteiger partial charge in [-0.2, -0.15) is 0 Å². The van der Waals surface area contributed by atoms with Gasteiger partial charge < -0.3 is 14.4 Å². The molecule has 0 aliphatic carbocycles. The van der Waals surface area contributed by atoms with Crippen molar-refractivity contribution in [3.63, 3.8) is 0 Å². The van der Waals surface area contributed by atoms with Crippen molar-refractivity contribution in [2.45, 2.75) is 33.1 Å². The molecule has 0 saturated carbocycles. The minimum absolute atomic E-state index is 0.217. The van der Waals surface area contributed by atoms with Gasteiger partial charge in [-0.1, -0.05) is 122 Å². The Morgan fingerprint density at radius 2 is 0.875 bits per heavy atom. The van der Waals surface area contributed by atoms with Gasteiger partial charge in [0.2, 0.25) is 0 Å². The molecule has 270 valence electrons. The molecule has 0 bridgehead atoms. The van der Waals surface area contributed by atoms with Gasteiger partial charge in [0, 0.05) is 50.3 Å².